The zero-order valence-corrected chi connectivity index (χ0v) is 21.9. The summed E-state index contributed by atoms with van der Waals surface area (Å²) in [5, 5.41) is 0. The van der Waals surface area contributed by atoms with E-state index < -0.39 is 0 Å². The highest BCUT2D eigenvalue weighted by molar-refractivity contribution is 5.26. The zero-order chi connectivity index (χ0) is 22.1. The monoisotopic (exact) mass is 424 g/mol. The number of allylic oxidation sites excluding steroid dienone is 2. The summed E-state index contributed by atoms with van der Waals surface area (Å²) in [6.07, 6.45) is 23.5. The second kappa shape index (κ2) is 7.63. The maximum atomic E-state index is 2.77. The van der Waals surface area contributed by atoms with E-state index in [4.69, 9.17) is 0 Å². The van der Waals surface area contributed by atoms with Crippen molar-refractivity contribution in [2.45, 2.75) is 131 Å². The van der Waals surface area contributed by atoms with Crippen molar-refractivity contribution in [1.29, 1.82) is 0 Å². The third-order valence-electron chi connectivity index (χ3n) is 12.4. The van der Waals surface area contributed by atoms with Crippen molar-refractivity contribution in [3.05, 3.63) is 11.6 Å². The molecule has 0 aromatic carbocycles. The third kappa shape index (κ3) is 3.69. The van der Waals surface area contributed by atoms with Crippen molar-refractivity contribution in [3.8, 4) is 0 Å². The topological polar surface area (TPSA) is 0 Å². The van der Waals surface area contributed by atoms with E-state index in [1.54, 1.807) is 0 Å². The van der Waals surface area contributed by atoms with Gasteiger partial charge in [-0.05, 0) is 128 Å². The molecule has 4 saturated carbocycles. The van der Waals surface area contributed by atoms with Gasteiger partial charge in [-0.25, -0.2) is 0 Å². The van der Waals surface area contributed by atoms with Crippen LogP contribution in [0.3, 0.4) is 0 Å². The van der Waals surface area contributed by atoms with Crippen LogP contribution in [0.5, 0.6) is 0 Å². The quantitative estimate of drug-likeness (QED) is 0.394. The summed E-state index contributed by atoms with van der Waals surface area (Å²) in [5.41, 5.74) is 4.23. The molecule has 4 fully saturated rings. The summed E-state index contributed by atoms with van der Waals surface area (Å²) in [6, 6.07) is 0. The molecule has 0 heterocycles. The first-order valence-corrected chi connectivity index (χ1v) is 14.3. The average Bonchev–Trinajstić information content (AvgIpc) is 3.30. The smallest absolute Gasteiger partial charge is 0.00849 e. The van der Waals surface area contributed by atoms with Gasteiger partial charge < -0.3 is 0 Å². The summed E-state index contributed by atoms with van der Waals surface area (Å²) in [6.45, 7) is 15.7. The lowest BCUT2D eigenvalue weighted by molar-refractivity contribution is -0.0568. The lowest BCUT2D eigenvalue weighted by atomic mass is 9.45. The zero-order valence-electron chi connectivity index (χ0n) is 21.9. The van der Waals surface area contributed by atoms with Crippen LogP contribution < -0.4 is 0 Å². The van der Waals surface area contributed by atoms with Crippen LogP contribution in [-0.2, 0) is 0 Å². The van der Waals surface area contributed by atoms with Gasteiger partial charge in [-0.15, -0.1) is 0 Å². The largest absolute Gasteiger partial charge is 0.0845 e. The highest BCUT2D eigenvalue weighted by atomic mass is 14.6. The highest BCUT2D eigenvalue weighted by Crippen LogP contribution is 2.68. The van der Waals surface area contributed by atoms with Gasteiger partial charge >= 0.3 is 0 Å². The minimum absolute atomic E-state index is 0.528. The molecule has 0 spiro atoms. The minimum Gasteiger partial charge on any atom is -0.0845 e. The van der Waals surface area contributed by atoms with Gasteiger partial charge in [0.1, 0.15) is 0 Å². The fourth-order valence-corrected chi connectivity index (χ4v) is 10.2. The predicted molar refractivity (Wildman–Crippen MR) is 134 cm³/mol. The van der Waals surface area contributed by atoms with E-state index in [0.717, 1.165) is 29.6 Å². The predicted octanol–water partition coefficient (Wildman–Crippen LogP) is 9.59. The Morgan fingerprint density at radius 2 is 1.61 bits per heavy atom. The van der Waals surface area contributed by atoms with Gasteiger partial charge in [-0.3, -0.25) is 0 Å². The Labute approximate surface area is 194 Å². The van der Waals surface area contributed by atoms with Crippen LogP contribution in [0, 0.1) is 51.2 Å². The van der Waals surface area contributed by atoms with Crippen molar-refractivity contribution >= 4 is 0 Å². The summed E-state index contributed by atoms with van der Waals surface area (Å²) in [5.74, 6) is 4.90. The van der Waals surface area contributed by atoms with Crippen LogP contribution >= 0.6 is 0 Å². The van der Waals surface area contributed by atoms with Crippen molar-refractivity contribution < 1.29 is 0 Å². The van der Waals surface area contributed by atoms with Crippen molar-refractivity contribution in [3.63, 3.8) is 0 Å². The molecular weight excluding hydrogens is 372 g/mol. The van der Waals surface area contributed by atoms with Gasteiger partial charge in [0.25, 0.3) is 0 Å². The second-order valence-corrected chi connectivity index (χ2v) is 14.9. The summed E-state index contributed by atoms with van der Waals surface area (Å²) < 4.78 is 0. The number of hydrogen-bond acceptors (Lipinski definition) is 0. The molecule has 31 heavy (non-hydrogen) atoms. The average molecular weight is 425 g/mol. The fraction of sp³-hybridized carbons (Fsp3) is 0.935. The maximum absolute atomic E-state index is 2.77. The molecule has 0 bridgehead atoms. The molecule has 0 N–H and O–H groups in total. The van der Waals surface area contributed by atoms with Gasteiger partial charge in [0.2, 0.25) is 0 Å². The van der Waals surface area contributed by atoms with E-state index in [1.165, 1.54) is 89.9 Å². The fourth-order valence-electron chi connectivity index (χ4n) is 10.2. The van der Waals surface area contributed by atoms with Crippen LogP contribution in [0.2, 0.25) is 0 Å². The van der Waals surface area contributed by atoms with E-state index in [0.29, 0.717) is 21.7 Å². The lowest BCUT2D eigenvalue weighted by Crippen LogP contribution is -2.51. The molecule has 0 heteroatoms. The third-order valence-corrected chi connectivity index (χ3v) is 12.4. The van der Waals surface area contributed by atoms with Gasteiger partial charge in [-0.1, -0.05) is 66.0 Å². The molecule has 0 aromatic rings. The molecule has 0 radical (unpaired) electrons. The molecule has 7 atom stereocenters. The Balaban J connectivity index is 1.31. The molecule has 5 aliphatic rings. The first-order chi connectivity index (χ1) is 14.6. The first kappa shape index (κ1) is 22.5. The lowest BCUT2D eigenvalue weighted by Gasteiger charge is -2.59. The molecular formula is C31H52. The summed E-state index contributed by atoms with van der Waals surface area (Å²) in [7, 11) is 0. The number of hydrogen-bond donors (Lipinski definition) is 0. The van der Waals surface area contributed by atoms with Crippen LogP contribution in [0.4, 0.5) is 0 Å². The van der Waals surface area contributed by atoms with E-state index in [2.05, 4.69) is 47.6 Å². The number of fused-ring (bicyclic) bond motifs is 5. The number of rotatable bonds is 4. The van der Waals surface area contributed by atoms with E-state index >= 15 is 0 Å². The van der Waals surface area contributed by atoms with Gasteiger partial charge in [-0.2, -0.15) is 0 Å². The van der Waals surface area contributed by atoms with Crippen molar-refractivity contribution in [2.24, 2.45) is 51.2 Å². The molecule has 0 saturated heterocycles. The van der Waals surface area contributed by atoms with Crippen molar-refractivity contribution in [1.82, 2.24) is 0 Å². The van der Waals surface area contributed by atoms with E-state index in [-0.39, 0.29) is 0 Å². The van der Waals surface area contributed by atoms with Crippen LogP contribution in [0.25, 0.3) is 0 Å². The first-order valence-electron chi connectivity index (χ1n) is 14.3. The maximum Gasteiger partial charge on any atom is -0.00849 e. The summed E-state index contributed by atoms with van der Waals surface area (Å²) in [4.78, 5) is 0. The summed E-state index contributed by atoms with van der Waals surface area (Å²) >= 11 is 0. The Hall–Kier alpha value is -0.260. The Morgan fingerprint density at radius 3 is 2.35 bits per heavy atom. The molecule has 5 aliphatic carbocycles. The molecule has 5 rings (SSSR count). The Kier molecular flexibility index (Phi) is 5.54. The van der Waals surface area contributed by atoms with Crippen LogP contribution in [-0.4, -0.2) is 0 Å². The molecule has 0 amide bonds. The van der Waals surface area contributed by atoms with Gasteiger partial charge in [0.15, 0.2) is 0 Å². The Bertz CT molecular complexity index is 706. The van der Waals surface area contributed by atoms with Crippen molar-refractivity contribution in [2.75, 3.05) is 0 Å². The molecule has 0 nitrogen and oxygen atoms in total. The van der Waals surface area contributed by atoms with Gasteiger partial charge in [0.05, 0.1) is 0 Å². The second-order valence-electron chi connectivity index (χ2n) is 14.9. The molecule has 0 aromatic heterocycles. The minimum atomic E-state index is 0.528. The molecule has 0 unspecified atom stereocenters. The van der Waals surface area contributed by atoms with Crippen LogP contribution in [0.15, 0.2) is 11.6 Å². The molecule has 0 aliphatic heterocycles. The SMILES string of the molecule is C[C@H](CCC1(C)CCCC1)[C@H]1CC[C@H]2[C@@H]3CC=C4CC(C)(C)CC[C@]4(C)[C@H]3CC[C@]12C. The van der Waals surface area contributed by atoms with E-state index in [9.17, 15) is 0 Å². The highest BCUT2D eigenvalue weighted by Gasteiger charge is 2.59. The van der Waals surface area contributed by atoms with Crippen LogP contribution in [0.1, 0.15) is 131 Å². The standard InChI is InChI=1S/C31H52/c1-22(13-17-29(4)15-7-8-16-29)25-11-12-26-24-10-9-23-21-28(2,3)19-20-30(23,5)27(24)14-18-31(25,26)6/h9,22,24-27H,7-8,10-21H2,1-6H3/t22-,24+,25-,26+,27+,30+,31-/m1/s1. The van der Waals surface area contributed by atoms with E-state index in [1.807, 2.05) is 5.57 Å². The normalized spacial score (nSPS) is 46.6. The van der Waals surface area contributed by atoms with Gasteiger partial charge in [0, 0.05) is 0 Å². The molecule has 176 valence electrons. The Morgan fingerprint density at radius 1 is 0.871 bits per heavy atom.